The van der Waals surface area contributed by atoms with Gasteiger partial charge >= 0.3 is 0 Å². The number of halogens is 1. The number of aromatic amines is 1. The summed E-state index contributed by atoms with van der Waals surface area (Å²) >= 11 is 6.44. The second kappa shape index (κ2) is 10.5. The topological polar surface area (TPSA) is 110 Å². The van der Waals surface area contributed by atoms with Gasteiger partial charge in [-0.2, -0.15) is 0 Å². The minimum atomic E-state index is -0.491. The van der Waals surface area contributed by atoms with E-state index in [2.05, 4.69) is 25.9 Å². The second-order valence-corrected chi connectivity index (χ2v) is 10.8. The Morgan fingerprint density at radius 1 is 1.21 bits per heavy atom. The second-order valence-electron chi connectivity index (χ2n) is 10.4. The summed E-state index contributed by atoms with van der Waals surface area (Å²) in [4.78, 5) is 21.4. The van der Waals surface area contributed by atoms with Crippen LogP contribution in [0.15, 0.2) is 36.7 Å². The molecule has 1 amide bonds. The molecule has 1 aromatic carbocycles. The standard InChI is InChI=1S/C28H34ClN5O4/c1-27(2,37-4)16-38-20-13-30-12-9-17(20)22-23(33-19-8-5-7-18(29)24(19)36-3)21-25(34-22)28(15-32-26(21)35)10-6-11-31-14-28/h5,7-9,12-13,31,33-34H,6,10-11,14-16H2,1-4H3,(H,32,35). The highest BCUT2D eigenvalue weighted by Crippen LogP contribution is 2.47. The van der Waals surface area contributed by atoms with Gasteiger partial charge in [0.15, 0.2) is 5.75 Å². The summed E-state index contributed by atoms with van der Waals surface area (Å²) < 4.78 is 17.4. The number of amides is 1. The largest absolute Gasteiger partial charge is 0.493 e. The third-order valence-electron chi connectivity index (χ3n) is 7.43. The molecule has 38 heavy (non-hydrogen) atoms. The highest BCUT2D eigenvalue weighted by Gasteiger charge is 2.44. The molecule has 4 heterocycles. The fraction of sp³-hybridized carbons (Fsp3) is 0.429. The third kappa shape index (κ3) is 4.81. The maximum Gasteiger partial charge on any atom is 0.255 e. The fourth-order valence-corrected chi connectivity index (χ4v) is 5.42. The molecule has 2 aliphatic rings. The molecule has 5 rings (SSSR count). The van der Waals surface area contributed by atoms with Gasteiger partial charge in [-0.05, 0) is 51.4 Å². The third-order valence-corrected chi connectivity index (χ3v) is 7.73. The van der Waals surface area contributed by atoms with Crippen LogP contribution < -0.4 is 25.4 Å². The molecule has 10 heteroatoms. The van der Waals surface area contributed by atoms with Crippen molar-refractivity contribution in [2.75, 3.05) is 45.8 Å². The monoisotopic (exact) mass is 539 g/mol. The zero-order valence-corrected chi connectivity index (χ0v) is 22.9. The van der Waals surface area contributed by atoms with Gasteiger partial charge in [0.05, 0.1) is 46.6 Å². The van der Waals surface area contributed by atoms with Gasteiger partial charge in [0.2, 0.25) is 0 Å². The zero-order valence-electron chi connectivity index (χ0n) is 22.2. The van der Waals surface area contributed by atoms with Crippen molar-refractivity contribution in [3.8, 4) is 22.8 Å². The van der Waals surface area contributed by atoms with Gasteiger partial charge < -0.3 is 35.1 Å². The van der Waals surface area contributed by atoms with E-state index in [-0.39, 0.29) is 11.3 Å². The number of H-pyrrole nitrogens is 1. The van der Waals surface area contributed by atoms with Crippen LogP contribution in [0.3, 0.4) is 0 Å². The number of pyridine rings is 1. The lowest BCUT2D eigenvalue weighted by atomic mass is 9.74. The molecule has 0 saturated carbocycles. The average Bonchev–Trinajstić information content (AvgIpc) is 3.31. The molecule has 202 valence electrons. The molecule has 1 atom stereocenters. The Morgan fingerprint density at radius 3 is 2.79 bits per heavy atom. The van der Waals surface area contributed by atoms with Gasteiger partial charge in [0.25, 0.3) is 5.91 Å². The number of ether oxygens (including phenoxy) is 3. The quantitative estimate of drug-likeness (QED) is 0.330. The Kier molecular flexibility index (Phi) is 7.26. The number of aromatic nitrogens is 2. The Hall–Kier alpha value is -3.27. The minimum absolute atomic E-state index is 0.140. The zero-order chi connectivity index (χ0) is 26.9. The van der Waals surface area contributed by atoms with Crippen molar-refractivity contribution in [1.29, 1.82) is 0 Å². The van der Waals surface area contributed by atoms with E-state index in [0.717, 1.165) is 42.9 Å². The van der Waals surface area contributed by atoms with Crippen molar-refractivity contribution >= 4 is 28.9 Å². The number of carbonyl (C=O) groups excluding carboxylic acids is 1. The van der Waals surface area contributed by atoms with E-state index < -0.39 is 5.60 Å². The smallest absolute Gasteiger partial charge is 0.255 e. The first-order chi connectivity index (χ1) is 18.3. The number of para-hydroxylation sites is 1. The minimum Gasteiger partial charge on any atom is -0.493 e. The summed E-state index contributed by atoms with van der Waals surface area (Å²) in [5, 5.41) is 10.6. The van der Waals surface area contributed by atoms with Crippen molar-refractivity contribution < 1.29 is 19.0 Å². The Labute approximate surface area is 227 Å². The Morgan fingerprint density at radius 2 is 2.05 bits per heavy atom. The van der Waals surface area contributed by atoms with Crippen LogP contribution in [0.2, 0.25) is 5.02 Å². The number of carbonyl (C=O) groups is 1. The van der Waals surface area contributed by atoms with Crippen LogP contribution in [0, 0.1) is 0 Å². The van der Waals surface area contributed by atoms with Crippen LogP contribution in [0.25, 0.3) is 11.3 Å². The van der Waals surface area contributed by atoms with Crippen molar-refractivity contribution in [1.82, 2.24) is 20.6 Å². The lowest BCUT2D eigenvalue weighted by molar-refractivity contribution is -0.0146. The summed E-state index contributed by atoms with van der Waals surface area (Å²) in [6.07, 6.45) is 5.37. The first-order valence-electron chi connectivity index (χ1n) is 12.8. The van der Waals surface area contributed by atoms with Gasteiger partial charge in [0.1, 0.15) is 12.4 Å². The van der Waals surface area contributed by atoms with Gasteiger partial charge in [-0.15, -0.1) is 0 Å². The molecule has 1 saturated heterocycles. The summed E-state index contributed by atoms with van der Waals surface area (Å²) in [5.41, 5.74) is 3.53. The summed E-state index contributed by atoms with van der Waals surface area (Å²) in [5.74, 6) is 0.932. The number of hydrogen-bond donors (Lipinski definition) is 4. The van der Waals surface area contributed by atoms with E-state index in [9.17, 15) is 4.79 Å². The van der Waals surface area contributed by atoms with E-state index in [1.165, 1.54) is 0 Å². The van der Waals surface area contributed by atoms with Crippen molar-refractivity contribution in [3.05, 3.63) is 52.9 Å². The lowest BCUT2D eigenvalue weighted by Gasteiger charge is -2.40. The Bertz CT molecular complexity index is 1330. The number of methoxy groups -OCH3 is 2. The van der Waals surface area contributed by atoms with E-state index >= 15 is 0 Å². The number of nitrogens with zero attached hydrogens (tertiary/aromatic N) is 1. The number of anilines is 2. The maximum absolute atomic E-state index is 13.5. The SMILES string of the molecule is COc1c(Cl)cccc1Nc1c(-c2ccncc2OCC(C)(C)OC)[nH]c2c1C(=O)NCC21CCCNC1. The normalized spacial score (nSPS) is 19.1. The highest BCUT2D eigenvalue weighted by molar-refractivity contribution is 6.32. The molecule has 2 aliphatic heterocycles. The lowest BCUT2D eigenvalue weighted by Crippen LogP contribution is -2.54. The fourth-order valence-electron chi connectivity index (χ4n) is 5.17. The van der Waals surface area contributed by atoms with E-state index in [1.807, 2.05) is 32.0 Å². The number of piperidine rings is 1. The van der Waals surface area contributed by atoms with Crippen LogP contribution in [0.5, 0.6) is 11.5 Å². The van der Waals surface area contributed by atoms with E-state index in [4.69, 9.17) is 25.8 Å². The predicted molar refractivity (Wildman–Crippen MR) is 148 cm³/mol. The van der Waals surface area contributed by atoms with Gasteiger partial charge in [-0.1, -0.05) is 17.7 Å². The van der Waals surface area contributed by atoms with E-state index in [1.54, 1.807) is 32.7 Å². The van der Waals surface area contributed by atoms with Crippen LogP contribution in [-0.4, -0.2) is 61.9 Å². The van der Waals surface area contributed by atoms with Crippen molar-refractivity contribution in [3.63, 3.8) is 0 Å². The highest BCUT2D eigenvalue weighted by atomic mass is 35.5. The molecule has 4 N–H and O–H groups in total. The summed E-state index contributed by atoms with van der Waals surface area (Å²) in [6.45, 7) is 6.52. The molecule has 3 aromatic rings. The van der Waals surface area contributed by atoms with Gasteiger partial charge in [-0.3, -0.25) is 9.78 Å². The molecule has 1 unspecified atom stereocenters. The summed E-state index contributed by atoms with van der Waals surface area (Å²) in [7, 11) is 3.23. The van der Waals surface area contributed by atoms with Crippen molar-refractivity contribution in [2.24, 2.45) is 0 Å². The molecule has 1 fully saturated rings. The number of hydrogen-bond acceptors (Lipinski definition) is 7. The predicted octanol–water partition coefficient (Wildman–Crippen LogP) is 4.65. The Balaban J connectivity index is 1.69. The van der Waals surface area contributed by atoms with Gasteiger partial charge in [-0.25, -0.2) is 0 Å². The van der Waals surface area contributed by atoms with Crippen LogP contribution >= 0.6 is 11.6 Å². The molecule has 0 bridgehead atoms. The molecule has 0 aliphatic carbocycles. The maximum atomic E-state index is 13.5. The molecule has 0 radical (unpaired) electrons. The average molecular weight is 540 g/mol. The molecule has 9 nitrogen and oxygen atoms in total. The van der Waals surface area contributed by atoms with E-state index in [0.29, 0.717) is 46.6 Å². The van der Waals surface area contributed by atoms with Crippen LogP contribution in [0.4, 0.5) is 11.4 Å². The number of rotatable bonds is 8. The van der Waals surface area contributed by atoms with Crippen molar-refractivity contribution in [2.45, 2.75) is 37.7 Å². The number of nitrogens with one attached hydrogen (secondary N) is 4. The van der Waals surface area contributed by atoms with Crippen LogP contribution in [0.1, 0.15) is 42.7 Å². The number of fused-ring (bicyclic) bond motifs is 2. The molecular weight excluding hydrogens is 506 g/mol. The first kappa shape index (κ1) is 26.3. The summed E-state index contributed by atoms with van der Waals surface area (Å²) in [6, 6.07) is 7.36. The molecule has 1 spiro atoms. The first-order valence-corrected chi connectivity index (χ1v) is 13.1. The van der Waals surface area contributed by atoms with Gasteiger partial charge in [0, 0.05) is 43.1 Å². The molecule has 2 aromatic heterocycles. The number of benzene rings is 1. The van der Waals surface area contributed by atoms with Crippen LogP contribution in [-0.2, 0) is 10.2 Å². The molecular formula is C28H34ClN5O4.